The maximum absolute atomic E-state index is 13.9. The summed E-state index contributed by atoms with van der Waals surface area (Å²) < 4.78 is 17.4. The van der Waals surface area contributed by atoms with Crippen molar-refractivity contribution in [3.63, 3.8) is 0 Å². The van der Waals surface area contributed by atoms with E-state index in [9.17, 15) is 9.18 Å². The Labute approximate surface area is 167 Å². The molecule has 0 fully saturated rings. The fraction of sp³-hybridized carbons (Fsp3) is 0.188. The van der Waals surface area contributed by atoms with Crippen LogP contribution in [0.15, 0.2) is 35.1 Å². The summed E-state index contributed by atoms with van der Waals surface area (Å²) in [7, 11) is 0. The largest absolute Gasteiger partial charge is 0.307 e. The summed E-state index contributed by atoms with van der Waals surface area (Å²) in [5.74, 6) is -0.419. The minimum atomic E-state index is -0.416. The van der Waals surface area contributed by atoms with Gasteiger partial charge in [0.25, 0.3) is 0 Å². The molecular weight excluding hydrogens is 448 g/mol. The van der Waals surface area contributed by atoms with Gasteiger partial charge in [-0.15, -0.1) is 0 Å². The Balaban J connectivity index is 1.71. The van der Waals surface area contributed by atoms with Crippen LogP contribution in [0.1, 0.15) is 11.3 Å². The first kappa shape index (κ1) is 18.9. The van der Waals surface area contributed by atoms with E-state index in [1.165, 1.54) is 21.5 Å². The van der Waals surface area contributed by atoms with Crippen molar-refractivity contribution >= 4 is 50.9 Å². The molecule has 2 aromatic heterocycles. The smallest absolute Gasteiger partial charge is 0.247 e. The van der Waals surface area contributed by atoms with Crippen molar-refractivity contribution in [2.24, 2.45) is 0 Å². The quantitative estimate of drug-likeness (QED) is 0.617. The highest BCUT2D eigenvalue weighted by Gasteiger charge is 2.14. The summed E-state index contributed by atoms with van der Waals surface area (Å²) in [6.07, 6.45) is 3.21. The van der Waals surface area contributed by atoms with Crippen LogP contribution in [0.2, 0.25) is 10.0 Å². The Bertz CT molecular complexity index is 932. The van der Waals surface area contributed by atoms with Gasteiger partial charge < -0.3 is 5.32 Å². The molecule has 3 rings (SSSR count). The normalized spacial score (nSPS) is 11.0. The van der Waals surface area contributed by atoms with Crippen LogP contribution in [-0.2, 0) is 17.9 Å². The van der Waals surface area contributed by atoms with E-state index in [-0.39, 0.29) is 19.0 Å². The van der Waals surface area contributed by atoms with Gasteiger partial charge in [-0.1, -0.05) is 29.3 Å². The first-order valence-electron chi connectivity index (χ1n) is 7.48. The van der Waals surface area contributed by atoms with Crippen molar-refractivity contribution in [3.8, 4) is 0 Å². The number of aryl methyl sites for hydroxylation is 1. The number of hydrogen-bond donors (Lipinski definition) is 1. The molecule has 0 saturated carbocycles. The minimum Gasteiger partial charge on any atom is -0.307 e. The third-order valence-electron chi connectivity index (χ3n) is 3.55. The number of nitrogens with zero attached hydrogens (tertiary/aromatic N) is 4. The minimum absolute atomic E-state index is 0.00793. The number of halogens is 4. The highest BCUT2D eigenvalue weighted by atomic mass is 79.9. The van der Waals surface area contributed by atoms with Gasteiger partial charge in [0.1, 0.15) is 12.4 Å². The monoisotopic (exact) mass is 459 g/mol. The molecule has 136 valence electrons. The first-order chi connectivity index (χ1) is 12.3. The van der Waals surface area contributed by atoms with Gasteiger partial charge in [0.15, 0.2) is 5.82 Å². The van der Waals surface area contributed by atoms with Crippen LogP contribution in [0.25, 0.3) is 0 Å². The van der Waals surface area contributed by atoms with Crippen LogP contribution < -0.4 is 5.32 Å². The summed E-state index contributed by atoms with van der Waals surface area (Å²) in [4.78, 5) is 12.2. The molecule has 0 saturated heterocycles. The third-order valence-corrected chi connectivity index (χ3v) is 4.85. The molecule has 3 aromatic rings. The van der Waals surface area contributed by atoms with E-state index in [0.29, 0.717) is 31.6 Å². The average molecular weight is 461 g/mol. The third kappa shape index (κ3) is 4.25. The molecule has 6 nitrogen and oxygen atoms in total. The summed E-state index contributed by atoms with van der Waals surface area (Å²) in [5, 5.41) is 11.9. The molecule has 0 aliphatic rings. The van der Waals surface area contributed by atoms with Crippen LogP contribution in [-0.4, -0.2) is 25.5 Å². The summed E-state index contributed by atoms with van der Waals surface area (Å²) >= 11 is 15.3. The zero-order valence-corrected chi connectivity index (χ0v) is 16.6. The SMILES string of the molecule is Cc1nn(CC(=O)Nc2nn(Cc3c(F)cccc3Cl)cc2Br)cc1Cl. The van der Waals surface area contributed by atoms with E-state index < -0.39 is 5.82 Å². The number of carbonyl (C=O) groups is 1. The van der Waals surface area contributed by atoms with Crippen molar-refractivity contribution in [2.45, 2.75) is 20.0 Å². The van der Waals surface area contributed by atoms with Crippen molar-refractivity contribution in [1.82, 2.24) is 19.6 Å². The number of benzene rings is 1. The summed E-state index contributed by atoms with van der Waals surface area (Å²) in [6, 6.07) is 4.48. The maximum Gasteiger partial charge on any atom is 0.247 e. The molecule has 1 amide bonds. The highest BCUT2D eigenvalue weighted by Crippen LogP contribution is 2.24. The summed E-state index contributed by atoms with van der Waals surface area (Å²) in [6.45, 7) is 1.88. The van der Waals surface area contributed by atoms with E-state index >= 15 is 0 Å². The van der Waals surface area contributed by atoms with Crippen LogP contribution in [0, 0.1) is 12.7 Å². The van der Waals surface area contributed by atoms with Gasteiger partial charge >= 0.3 is 0 Å². The number of anilines is 1. The maximum atomic E-state index is 13.9. The van der Waals surface area contributed by atoms with Crippen LogP contribution in [0.4, 0.5) is 10.2 Å². The lowest BCUT2D eigenvalue weighted by Crippen LogP contribution is -2.19. The lowest BCUT2D eigenvalue weighted by molar-refractivity contribution is -0.116. The predicted octanol–water partition coefficient (Wildman–Crippen LogP) is 4.28. The summed E-state index contributed by atoms with van der Waals surface area (Å²) in [5.41, 5.74) is 0.968. The molecule has 0 bridgehead atoms. The van der Waals surface area contributed by atoms with Gasteiger partial charge in [0, 0.05) is 23.0 Å². The first-order valence-corrected chi connectivity index (χ1v) is 9.03. The second kappa shape index (κ2) is 7.77. The van der Waals surface area contributed by atoms with Crippen molar-refractivity contribution in [1.29, 1.82) is 0 Å². The van der Waals surface area contributed by atoms with Gasteiger partial charge in [-0.05, 0) is 35.0 Å². The van der Waals surface area contributed by atoms with E-state index in [1.54, 1.807) is 25.4 Å². The van der Waals surface area contributed by atoms with Crippen molar-refractivity contribution in [2.75, 3.05) is 5.32 Å². The number of hydrogen-bond acceptors (Lipinski definition) is 3. The second-order valence-corrected chi connectivity index (χ2v) is 7.20. The van der Waals surface area contributed by atoms with Crippen molar-refractivity contribution in [3.05, 3.63) is 62.2 Å². The number of carbonyl (C=O) groups excluding carboxylic acids is 1. The Hall–Kier alpha value is -1.90. The predicted molar refractivity (Wildman–Crippen MR) is 101 cm³/mol. The van der Waals surface area contributed by atoms with E-state index in [1.807, 2.05) is 0 Å². The van der Waals surface area contributed by atoms with Crippen LogP contribution in [0.3, 0.4) is 0 Å². The Morgan fingerprint density at radius 1 is 1.23 bits per heavy atom. The fourth-order valence-corrected chi connectivity index (χ4v) is 3.09. The molecule has 1 aromatic carbocycles. The van der Waals surface area contributed by atoms with Crippen molar-refractivity contribution < 1.29 is 9.18 Å². The van der Waals surface area contributed by atoms with Crippen LogP contribution in [0.5, 0.6) is 0 Å². The van der Waals surface area contributed by atoms with E-state index in [0.717, 1.165) is 0 Å². The van der Waals surface area contributed by atoms with Gasteiger partial charge in [-0.3, -0.25) is 14.2 Å². The zero-order chi connectivity index (χ0) is 18.8. The zero-order valence-electron chi connectivity index (χ0n) is 13.5. The highest BCUT2D eigenvalue weighted by molar-refractivity contribution is 9.10. The molecule has 0 unspecified atom stereocenters. The molecule has 0 radical (unpaired) electrons. The Kier molecular flexibility index (Phi) is 5.64. The van der Waals surface area contributed by atoms with E-state index in [4.69, 9.17) is 23.2 Å². The molecule has 2 heterocycles. The lowest BCUT2D eigenvalue weighted by atomic mass is 10.2. The fourth-order valence-electron chi connectivity index (χ4n) is 2.30. The lowest BCUT2D eigenvalue weighted by Gasteiger charge is -2.06. The Morgan fingerprint density at radius 2 is 2.00 bits per heavy atom. The molecular formula is C16H13BrCl2FN5O. The van der Waals surface area contributed by atoms with Gasteiger partial charge in [0.2, 0.25) is 5.91 Å². The van der Waals surface area contributed by atoms with Gasteiger partial charge in [-0.2, -0.15) is 10.2 Å². The Morgan fingerprint density at radius 3 is 2.65 bits per heavy atom. The van der Waals surface area contributed by atoms with Crippen LogP contribution >= 0.6 is 39.1 Å². The molecule has 10 heteroatoms. The number of aromatic nitrogens is 4. The molecule has 0 atom stereocenters. The molecule has 0 spiro atoms. The molecule has 1 N–H and O–H groups in total. The molecule has 0 aliphatic heterocycles. The number of rotatable bonds is 5. The molecule has 0 aliphatic carbocycles. The number of amides is 1. The molecule has 26 heavy (non-hydrogen) atoms. The average Bonchev–Trinajstić information content (AvgIpc) is 3.05. The second-order valence-electron chi connectivity index (χ2n) is 5.53. The van der Waals surface area contributed by atoms with E-state index in [2.05, 4.69) is 31.4 Å². The standard InChI is InChI=1S/C16H13BrCl2FN5O/c1-9-13(19)7-25(22-9)8-15(26)21-16-11(17)6-24(23-16)5-10-12(18)3-2-4-14(10)20/h2-4,6-7H,5,8H2,1H3,(H,21,23,26). The van der Waals surface area contributed by atoms with Gasteiger partial charge in [0.05, 0.1) is 21.7 Å². The van der Waals surface area contributed by atoms with Gasteiger partial charge in [-0.25, -0.2) is 4.39 Å². The topological polar surface area (TPSA) is 64.7 Å². The number of nitrogens with one attached hydrogen (secondary N) is 1.